The van der Waals surface area contributed by atoms with Crippen molar-refractivity contribution in [2.24, 2.45) is 11.3 Å². The van der Waals surface area contributed by atoms with Crippen molar-refractivity contribution in [2.45, 2.75) is 39.2 Å². The van der Waals surface area contributed by atoms with Crippen LogP contribution in [0.2, 0.25) is 0 Å². The molecule has 2 rings (SSSR count). The van der Waals surface area contributed by atoms with Crippen LogP contribution < -0.4 is 5.32 Å². The fourth-order valence-corrected chi connectivity index (χ4v) is 3.72. The van der Waals surface area contributed by atoms with Gasteiger partial charge in [0.05, 0.1) is 0 Å². The SMILES string of the molecule is CNC(c1ccsc1)C1CCCC1(C)C. The third-order valence-corrected chi connectivity index (χ3v) is 4.66. The minimum absolute atomic E-state index is 0.496. The monoisotopic (exact) mass is 223 g/mol. The summed E-state index contributed by atoms with van der Waals surface area (Å²) >= 11 is 1.80. The van der Waals surface area contributed by atoms with E-state index < -0.39 is 0 Å². The molecule has 0 aliphatic heterocycles. The summed E-state index contributed by atoms with van der Waals surface area (Å²) in [5.41, 5.74) is 1.97. The molecule has 2 unspecified atom stereocenters. The summed E-state index contributed by atoms with van der Waals surface area (Å²) in [6.45, 7) is 4.84. The highest BCUT2D eigenvalue weighted by atomic mass is 32.1. The van der Waals surface area contributed by atoms with E-state index in [2.05, 4.69) is 43.0 Å². The van der Waals surface area contributed by atoms with E-state index in [4.69, 9.17) is 0 Å². The first-order valence-electron chi connectivity index (χ1n) is 5.84. The molecular weight excluding hydrogens is 202 g/mol. The van der Waals surface area contributed by atoms with Crippen molar-refractivity contribution in [2.75, 3.05) is 7.05 Å². The zero-order valence-electron chi connectivity index (χ0n) is 9.92. The van der Waals surface area contributed by atoms with Crippen LogP contribution in [0.4, 0.5) is 0 Å². The Bertz CT molecular complexity index is 302. The molecule has 1 aliphatic rings. The molecule has 84 valence electrons. The van der Waals surface area contributed by atoms with Crippen molar-refractivity contribution in [3.63, 3.8) is 0 Å². The van der Waals surface area contributed by atoms with Gasteiger partial charge in [0.1, 0.15) is 0 Å². The van der Waals surface area contributed by atoms with Crippen molar-refractivity contribution in [1.29, 1.82) is 0 Å². The van der Waals surface area contributed by atoms with E-state index >= 15 is 0 Å². The average Bonchev–Trinajstić information content (AvgIpc) is 2.78. The highest BCUT2D eigenvalue weighted by molar-refractivity contribution is 7.07. The van der Waals surface area contributed by atoms with Crippen LogP contribution >= 0.6 is 11.3 Å². The molecular formula is C13H21NS. The van der Waals surface area contributed by atoms with Crippen molar-refractivity contribution in [3.8, 4) is 0 Å². The number of hydrogen-bond acceptors (Lipinski definition) is 2. The summed E-state index contributed by atoms with van der Waals surface area (Å²) in [4.78, 5) is 0. The Kier molecular flexibility index (Phi) is 3.17. The van der Waals surface area contributed by atoms with Crippen LogP contribution in [0.25, 0.3) is 0 Å². The number of nitrogens with one attached hydrogen (secondary N) is 1. The predicted molar refractivity (Wildman–Crippen MR) is 67.2 cm³/mol. The molecule has 1 nitrogen and oxygen atoms in total. The molecule has 1 N–H and O–H groups in total. The van der Waals surface area contributed by atoms with Crippen LogP contribution in [0, 0.1) is 11.3 Å². The van der Waals surface area contributed by atoms with Crippen LogP contribution in [-0.4, -0.2) is 7.05 Å². The van der Waals surface area contributed by atoms with E-state index in [1.54, 1.807) is 11.3 Å². The van der Waals surface area contributed by atoms with Gasteiger partial charge in [0, 0.05) is 6.04 Å². The summed E-state index contributed by atoms with van der Waals surface area (Å²) in [6.07, 6.45) is 4.13. The maximum atomic E-state index is 3.51. The Balaban J connectivity index is 2.20. The zero-order chi connectivity index (χ0) is 10.9. The molecule has 2 atom stereocenters. The van der Waals surface area contributed by atoms with Gasteiger partial charge >= 0.3 is 0 Å². The molecule has 0 saturated heterocycles. The van der Waals surface area contributed by atoms with Gasteiger partial charge in [-0.2, -0.15) is 11.3 Å². The van der Waals surface area contributed by atoms with E-state index in [1.165, 1.54) is 24.8 Å². The van der Waals surface area contributed by atoms with Crippen LogP contribution in [-0.2, 0) is 0 Å². The zero-order valence-corrected chi connectivity index (χ0v) is 10.7. The highest BCUT2D eigenvalue weighted by Crippen LogP contribution is 2.48. The summed E-state index contributed by atoms with van der Waals surface area (Å²) in [7, 11) is 2.09. The van der Waals surface area contributed by atoms with E-state index in [1.807, 2.05) is 0 Å². The van der Waals surface area contributed by atoms with E-state index in [9.17, 15) is 0 Å². The maximum absolute atomic E-state index is 3.51. The number of thiophene rings is 1. The first-order valence-corrected chi connectivity index (χ1v) is 6.79. The molecule has 15 heavy (non-hydrogen) atoms. The lowest BCUT2D eigenvalue weighted by Gasteiger charge is -2.33. The molecule has 1 heterocycles. The smallest absolute Gasteiger partial charge is 0.0359 e. The standard InChI is InChI=1S/C13H21NS/c1-13(2)7-4-5-11(13)12(14-3)10-6-8-15-9-10/h6,8-9,11-12,14H,4-5,7H2,1-3H3. The first kappa shape index (κ1) is 11.2. The van der Waals surface area contributed by atoms with Crippen LogP contribution in [0.1, 0.15) is 44.7 Å². The van der Waals surface area contributed by atoms with E-state index in [0.29, 0.717) is 11.5 Å². The first-order chi connectivity index (χ1) is 7.15. The summed E-state index contributed by atoms with van der Waals surface area (Å²) in [5, 5.41) is 7.98. The quantitative estimate of drug-likeness (QED) is 0.821. The van der Waals surface area contributed by atoms with Crippen molar-refractivity contribution < 1.29 is 0 Å². The summed E-state index contributed by atoms with van der Waals surface area (Å²) in [6, 6.07) is 2.81. The molecule has 1 aromatic rings. The maximum Gasteiger partial charge on any atom is 0.0359 e. The third kappa shape index (κ3) is 2.11. The lowest BCUT2D eigenvalue weighted by atomic mass is 9.76. The van der Waals surface area contributed by atoms with Gasteiger partial charge in [-0.15, -0.1) is 0 Å². The fourth-order valence-electron chi connectivity index (χ4n) is 3.02. The summed E-state index contributed by atoms with van der Waals surface area (Å²) < 4.78 is 0. The Morgan fingerprint density at radius 2 is 2.33 bits per heavy atom. The Morgan fingerprint density at radius 1 is 1.53 bits per heavy atom. The van der Waals surface area contributed by atoms with Gasteiger partial charge in [0.2, 0.25) is 0 Å². The summed E-state index contributed by atoms with van der Waals surface area (Å²) in [5.74, 6) is 0.789. The van der Waals surface area contributed by atoms with Crippen molar-refractivity contribution >= 4 is 11.3 Å². The van der Waals surface area contributed by atoms with Gasteiger partial charge in [-0.3, -0.25) is 0 Å². The minimum atomic E-state index is 0.496. The molecule has 0 bridgehead atoms. The number of rotatable bonds is 3. The molecule has 0 aromatic carbocycles. The van der Waals surface area contributed by atoms with Gasteiger partial charge in [-0.1, -0.05) is 20.3 Å². The lowest BCUT2D eigenvalue weighted by Crippen LogP contribution is -2.31. The fraction of sp³-hybridized carbons (Fsp3) is 0.692. The normalized spacial score (nSPS) is 26.7. The molecule has 1 aromatic heterocycles. The average molecular weight is 223 g/mol. The molecule has 2 heteroatoms. The largest absolute Gasteiger partial charge is 0.313 e. The van der Waals surface area contributed by atoms with Gasteiger partial charge in [0.15, 0.2) is 0 Å². The third-order valence-electron chi connectivity index (χ3n) is 3.96. The topological polar surface area (TPSA) is 12.0 Å². The predicted octanol–water partition coefficient (Wildman–Crippen LogP) is 3.83. The Labute approximate surface area is 96.9 Å². The van der Waals surface area contributed by atoms with Gasteiger partial charge in [-0.25, -0.2) is 0 Å². The van der Waals surface area contributed by atoms with Gasteiger partial charge < -0.3 is 5.32 Å². The minimum Gasteiger partial charge on any atom is -0.313 e. The van der Waals surface area contributed by atoms with Gasteiger partial charge in [0.25, 0.3) is 0 Å². The second-order valence-electron chi connectivity index (χ2n) is 5.31. The molecule has 0 amide bonds. The Hall–Kier alpha value is -0.340. The molecule has 0 spiro atoms. The second-order valence-corrected chi connectivity index (χ2v) is 6.09. The molecule has 1 aliphatic carbocycles. The van der Waals surface area contributed by atoms with Gasteiger partial charge in [-0.05, 0) is 53.6 Å². The van der Waals surface area contributed by atoms with Crippen LogP contribution in [0.5, 0.6) is 0 Å². The second kappa shape index (κ2) is 4.26. The van der Waals surface area contributed by atoms with Crippen molar-refractivity contribution in [3.05, 3.63) is 22.4 Å². The van der Waals surface area contributed by atoms with Crippen LogP contribution in [0.3, 0.4) is 0 Å². The highest BCUT2D eigenvalue weighted by Gasteiger charge is 2.39. The van der Waals surface area contributed by atoms with E-state index in [-0.39, 0.29) is 0 Å². The van der Waals surface area contributed by atoms with E-state index in [0.717, 1.165) is 5.92 Å². The lowest BCUT2D eigenvalue weighted by molar-refractivity contribution is 0.204. The Morgan fingerprint density at radius 3 is 2.80 bits per heavy atom. The van der Waals surface area contributed by atoms with Crippen LogP contribution in [0.15, 0.2) is 16.8 Å². The van der Waals surface area contributed by atoms with Crippen molar-refractivity contribution in [1.82, 2.24) is 5.32 Å². The molecule has 1 fully saturated rings. The molecule has 1 saturated carbocycles. The molecule has 0 radical (unpaired) electrons. The number of hydrogen-bond donors (Lipinski definition) is 1.